The highest BCUT2D eigenvalue weighted by molar-refractivity contribution is 5.83. The van der Waals surface area contributed by atoms with Gasteiger partial charge in [-0.3, -0.25) is 4.79 Å². The van der Waals surface area contributed by atoms with Crippen molar-refractivity contribution in [1.82, 2.24) is 15.5 Å². The van der Waals surface area contributed by atoms with Crippen LogP contribution in [0.3, 0.4) is 0 Å². The summed E-state index contributed by atoms with van der Waals surface area (Å²) in [5, 5.41) is 6.55. The maximum atomic E-state index is 12.5. The summed E-state index contributed by atoms with van der Waals surface area (Å²) in [6.45, 7) is 18.3. The Balaban J connectivity index is 4.51. The lowest BCUT2D eigenvalue weighted by molar-refractivity contribution is -0.133. The average molecular weight is 285 g/mol. The minimum atomic E-state index is -0.465. The van der Waals surface area contributed by atoms with Crippen molar-refractivity contribution >= 4 is 5.91 Å². The number of rotatable bonds is 8. The molecular weight excluding hydrogens is 250 g/mol. The van der Waals surface area contributed by atoms with E-state index < -0.39 is 5.41 Å². The molecule has 0 aliphatic carbocycles. The fraction of sp³-hybridized carbons (Fsp3) is 0.938. The average Bonchev–Trinajstić information content (AvgIpc) is 2.26. The maximum Gasteiger partial charge on any atom is 0.227 e. The highest BCUT2D eigenvalue weighted by Crippen LogP contribution is 2.31. The normalized spacial score (nSPS) is 13.4. The highest BCUT2D eigenvalue weighted by Gasteiger charge is 2.43. The largest absolute Gasteiger partial charge is 0.354 e. The number of nitrogens with zero attached hydrogens (tertiary/aromatic N) is 1. The molecule has 120 valence electrons. The summed E-state index contributed by atoms with van der Waals surface area (Å²) in [4.78, 5) is 14.7. The summed E-state index contributed by atoms with van der Waals surface area (Å²) >= 11 is 0. The van der Waals surface area contributed by atoms with Crippen LogP contribution in [0.25, 0.3) is 0 Å². The van der Waals surface area contributed by atoms with Gasteiger partial charge in [0.2, 0.25) is 5.91 Å². The number of carbonyl (C=O) groups is 1. The highest BCUT2D eigenvalue weighted by atomic mass is 16.2. The zero-order valence-electron chi connectivity index (χ0n) is 14.9. The first-order chi connectivity index (χ1) is 8.91. The van der Waals surface area contributed by atoms with E-state index in [1.165, 1.54) is 0 Å². The zero-order chi connectivity index (χ0) is 16.1. The molecule has 0 heterocycles. The second-order valence-corrected chi connectivity index (χ2v) is 7.38. The lowest BCUT2D eigenvalue weighted by atomic mass is 9.73. The molecule has 0 fully saturated rings. The summed E-state index contributed by atoms with van der Waals surface area (Å²) < 4.78 is 0. The fourth-order valence-corrected chi connectivity index (χ4v) is 2.01. The van der Waals surface area contributed by atoms with E-state index >= 15 is 0 Å². The van der Waals surface area contributed by atoms with E-state index in [2.05, 4.69) is 64.1 Å². The molecule has 1 amide bonds. The van der Waals surface area contributed by atoms with Gasteiger partial charge in [0.1, 0.15) is 0 Å². The van der Waals surface area contributed by atoms with E-state index in [4.69, 9.17) is 0 Å². The molecule has 0 bridgehead atoms. The molecule has 0 atom stereocenters. The molecule has 0 aliphatic rings. The molecule has 0 saturated carbocycles. The second kappa shape index (κ2) is 7.41. The predicted octanol–water partition coefficient (Wildman–Crippen LogP) is 2.25. The Morgan fingerprint density at radius 1 is 1.10 bits per heavy atom. The molecule has 0 aromatic rings. The summed E-state index contributed by atoms with van der Waals surface area (Å²) in [5.74, 6) is 0.104. The molecule has 4 heteroatoms. The van der Waals surface area contributed by atoms with Gasteiger partial charge in [0, 0.05) is 30.7 Å². The van der Waals surface area contributed by atoms with Crippen molar-refractivity contribution in [3.63, 3.8) is 0 Å². The van der Waals surface area contributed by atoms with Gasteiger partial charge in [0.15, 0.2) is 0 Å². The van der Waals surface area contributed by atoms with Gasteiger partial charge in [-0.15, -0.1) is 0 Å². The minimum Gasteiger partial charge on any atom is -0.354 e. The molecule has 4 nitrogen and oxygen atoms in total. The summed E-state index contributed by atoms with van der Waals surface area (Å²) in [7, 11) is 2.08. The van der Waals surface area contributed by atoms with Crippen LogP contribution in [-0.4, -0.2) is 48.6 Å². The third-order valence-electron chi connectivity index (χ3n) is 4.41. The van der Waals surface area contributed by atoms with Gasteiger partial charge >= 0.3 is 0 Å². The van der Waals surface area contributed by atoms with Crippen molar-refractivity contribution in [2.75, 3.05) is 20.1 Å². The lowest BCUT2D eigenvalue weighted by Crippen LogP contribution is -2.60. The van der Waals surface area contributed by atoms with E-state index in [1.807, 2.05) is 13.8 Å². The minimum absolute atomic E-state index is 0.104. The SMILES string of the molecule is CC(C)NC(C)(C)C(C)(C)C(=O)NCCN(C)C(C)C. The third kappa shape index (κ3) is 5.41. The zero-order valence-corrected chi connectivity index (χ0v) is 14.9. The molecule has 0 aromatic heterocycles. The van der Waals surface area contributed by atoms with Crippen molar-refractivity contribution in [3.05, 3.63) is 0 Å². The maximum absolute atomic E-state index is 12.5. The first kappa shape index (κ1) is 19.4. The topological polar surface area (TPSA) is 44.4 Å². The Hall–Kier alpha value is -0.610. The van der Waals surface area contributed by atoms with E-state index in [0.29, 0.717) is 18.6 Å². The molecule has 0 saturated heterocycles. The number of amides is 1. The molecule has 0 spiro atoms. The van der Waals surface area contributed by atoms with E-state index in [0.717, 1.165) is 6.54 Å². The third-order valence-corrected chi connectivity index (χ3v) is 4.41. The van der Waals surface area contributed by atoms with Crippen LogP contribution >= 0.6 is 0 Å². The number of hydrogen-bond acceptors (Lipinski definition) is 3. The Bertz CT molecular complexity index is 309. The molecule has 0 aromatic carbocycles. The molecular formula is C16H35N3O. The van der Waals surface area contributed by atoms with E-state index in [-0.39, 0.29) is 11.4 Å². The van der Waals surface area contributed by atoms with Crippen LogP contribution in [-0.2, 0) is 4.79 Å². The van der Waals surface area contributed by atoms with Crippen LogP contribution < -0.4 is 10.6 Å². The Kier molecular flexibility index (Phi) is 7.19. The van der Waals surface area contributed by atoms with Crippen LogP contribution in [0.4, 0.5) is 0 Å². The quantitative estimate of drug-likeness (QED) is 0.719. The van der Waals surface area contributed by atoms with Crippen molar-refractivity contribution in [2.24, 2.45) is 5.41 Å². The smallest absolute Gasteiger partial charge is 0.227 e. The van der Waals surface area contributed by atoms with Crippen LogP contribution in [0.15, 0.2) is 0 Å². The van der Waals surface area contributed by atoms with Crippen LogP contribution in [0, 0.1) is 5.41 Å². The van der Waals surface area contributed by atoms with Crippen LogP contribution in [0.2, 0.25) is 0 Å². The first-order valence-corrected chi connectivity index (χ1v) is 7.68. The Morgan fingerprint density at radius 3 is 2.00 bits per heavy atom. The molecule has 0 aliphatic heterocycles. The fourth-order valence-electron chi connectivity index (χ4n) is 2.01. The van der Waals surface area contributed by atoms with E-state index in [1.54, 1.807) is 0 Å². The van der Waals surface area contributed by atoms with Gasteiger partial charge in [-0.05, 0) is 48.6 Å². The first-order valence-electron chi connectivity index (χ1n) is 7.68. The lowest BCUT2D eigenvalue weighted by Gasteiger charge is -2.42. The molecule has 0 unspecified atom stereocenters. The summed E-state index contributed by atoms with van der Waals surface area (Å²) in [6.07, 6.45) is 0. The second-order valence-electron chi connectivity index (χ2n) is 7.38. The van der Waals surface area contributed by atoms with E-state index in [9.17, 15) is 4.79 Å². The van der Waals surface area contributed by atoms with Gasteiger partial charge < -0.3 is 15.5 Å². The summed E-state index contributed by atoms with van der Waals surface area (Å²) in [5.41, 5.74) is -0.719. The summed E-state index contributed by atoms with van der Waals surface area (Å²) in [6, 6.07) is 0.850. The van der Waals surface area contributed by atoms with Crippen molar-refractivity contribution < 1.29 is 4.79 Å². The van der Waals surface area contributed by atoms with Crippen molar-refractivity contribution in [1.29, 1.82) is 0 Å². The molecule has 20 heavy (non-hydrogen) atoms. The molecule has 0 rings (SSSR count). The Labute approximate surface area is 125 Å². The number of nitrogens with one attached hydrogen (secondary N) is 2. The number of likely N-dealkylation sites (N-methyl/N-ethyl adjacent to an activating group) is 1. The van der Waals surface area contributed by atoms with Crippen LogP contribution in [0.5, 0.6) is 0 Å². The van der Waals surface area contributed by atoms with Crippen molar-refractivity contribution in [3.8, 4) is 0 Å². The van der Waals surface area contributed by atoms with Gasteiger partial charge in [-0.1, -0.05) is 13.8 Å². The van der Waals surface area contributed by atoms with Gasteiger partial charge in [-0.2, -0.15) is 0 Å². The van der Waals surface area contributed by atoms with Crippen molar-refractivity contribution in [2.45, 2.75) is 73.0 Å². The molecule has 2 N–H and O–H groups in total. The predicted molar refractivity (Wildman–Crippen MR) is 86.9 cm³/mol. The number of carbonyl (C=O) groups excluding carboxylic acids is 1. The standard InChI is InChI=1S/C16H35N3O/c1-12(2)18-16(7,8)15(5,6)14(20)17-10-11-19(9)13(3)4/h12-13,18H,10-11H2,1-9H3,(H,17,20). The van der Waals surface area contributed by atoms with Gasteiger partial charge in [0.05, 0.1) is 5.41 Å². The van der Waals surface area contributed by atoms with Gasteiger partial charge in [0.25, 0.3) is 0 Å². The van der Waals surface area contributed by atoms with Crippen LogP contribution in [0.1, 0.15) is 55.4 Å². The molecule has 0 radical (unpaired) electrons. The Morgan fingerprint density at radius 2 is 1.60 bits per heavy atom. The monoisotopic (exact) mass is 285 g/mol. The number of hydrogen-bond donors (Lipinski definition) is 2. The van der Waals surface area contributed by atoms with Gasteiger partial charge in [-0.25, -0.2) is 0 Å².